The fourth-order valence-corrected chi connectivity index (χ4v) is 6.05. The number of para-hydroxylation sites is 2. The number of nitrogens with zero attached hydrogens (tertiary/aromatic N) is 2. The van der Waals surface area contributed by atoms with Gasteiger partial charge in [-0.15, -0.1) is 0 Å². The van der Waals surface area contributed by atoms with Gasteiger partial charge in [-0.3, -0.25) is 9.59 Å². The van der Waals surface area contributed by atoms with Crippen molar-refractivity contribution in [2.24, 2.45) is 0 Å². The maximum atomic E-state index is 13.6. The van der Waals surface area contributed by atoms with Crippen molar-refractivity contribution in [2.75, 3.05) is 24.1 Å². The van der Waals surface area contributed by atoms with E-state index in [1.807, 2.05) is 18.2 Å². The predicted octanol–water partition coefficient (Wildman–Crippen LogP) is 5.01. The number of benzene rings is 4. The summed E-state index contributed by atoms with van der Waals surface area (Å²) in [7, 11) is -4.14. The third kappa shape index (κ3) is 6.75. The summed E-state index contributed by atoms with van der Waals surface area (Å²) < 4.78 is 28.0. The fraction of sp³-hybridized carbons (Fsp3) is 0.188. The van der Waals surface area contributed by atoms with E-state index >= 15 is 0 Å². The zero-order valence-electron chi connectivity index (χ0n) is 22.4. The number of piperidine rings is 1. The molecule has 0 unspecified atom stereocenters. The van der Waals surface area contributed by atoms with Gasteiger partial charge >= 0.3 is 0 Å². The lowest BCUT2D eigenvalue weighted by atomic mass is 9.89. The molecule has 2 amide bonds. The lowest BCUT2D eigenvalue weighted by Crippen LogP contribution is -2.43. The number of rotatable bonds is 9. The van der Waals surface area contributed by atoms with Crippen LogP contribution < -0.4 is 14.6 Å². The molecule has 1 fully saturated rings. The molecule has 8 nitrogen and oxygen atoms in total. The second-order valence-electron chi connectivity index (χ2n) is 9.74. The van der Waals surface area contributed by atoms with E-state index in [9.17, 15) is 18.0 Å². The number of hydrogen-bond donors (Lipinski definition) is 1. The first-order valence-corrected chi connectivity index (χ1v) is 14.9. The van der Waals surface area contributed by atoms with Crippen LogP contribution in [0.25, 0.3) is 0 Å². The molecule has 4 aromatic rings. The first kappa shape index (κ1) is 27.9. The fourth-order valence-electron chi connectivity index (χ4n) is 4.80. The number of hydrogen-bond acceptors (Lipinski definition) is 5. The first-order valence-electron chi connectivity index (χ1n) is 13.5. The number of carbonyl (C=O) groups is 2. The Morgan fingerprint density at radius 2 is 1.34 bits per heavy atom. The van der Waals surface area contributed by atoms with Crippen molar-refractivity contribution in [2.45, 2.75) is 23.7 Å². The SMILES string of the molecule is O=C(NCC(=O)N1CCC(c2ccccc2)CC1)c1ccc(S(=O)(=O)N(Oc2ccccc2)c2ccccc2)cc1. The first-order chi connectivity index (χ1) is 19.9. The molecule has 1 heterocycles. The third-order valence-corrected chi connectivity index (χ3v) is 8.64. The molecule has 9 heteroatoms. The zero-order valence-corrected chi connectivity index (χ0v) is 23.2. The van der Waals surface area contributed by atoms with Crippen molar-refractivity contribution in [1.82, 2.24) is 10.2 Å². The molecule has 0 aromatic heterocycles. The van der Waals surface area contributed by atoms with Gasteiger partial charge in [0.15, 0.2) is 5.75 Å². The van der Waals surface area contributed by atoms with Crippen molar-refractivity contribution in [1.29, 1.82) is 0 Å². The van der Waals surface area contributed by atoms with Crippen LogP contribution in [0, 0.1) is 0 Å². The Hall–Kier alpha value is -4.63. The second-order valence-corrected chi connectivity index (χ2v) is 11.5. The number of carbonyl (C=O) groups excluding carboxylic acids is 2. The number of nitrogens with one attached hydrogen (secondary N) is 1. The van der Waals surface area contributed by atoms with Gasteiger partial charge in [0, 0.05) is 18.7 Å². The number of sulfonamides is 1. The minimum Gasteiger partial charge on any atom is -0.364 e. The van der Waals surface area contributed by atoms with Gasteiger partial charge in [0.2, 0.25) is 5.91 Å². The van der Waals surface area contributed by atoms with Crippen LogP contribution >= 0.6 is 0 Å². The minimum absolute atomic E-state index is 0.0498. The summed E-state index contributed by atoms with van der Waals surface area (Å²) in [4.78, 5) is 33.0. The maximum absolute atomic E-state index is 13.6. The van der Waals surface area contributed by atoms with E-state index < -0.39 is 15.9 Å². The largest absolute Gasteiger partial charge is 0.364 e. The minimum atomic E-state index is -4.14. The average molecular weight is 570 g/mol. The molecule has 5 rings (SSSR count). The molecule has 0 bridgehead atoms. The molecule has 0 saturated carbocycles. The normalized spacial score (nSPS) is 13.8. The highest BCUT2D eigenvalue weighted by atomic mass is 32.2. The number of amides is 2. The monoisotopic (exact) mass is 569 g/mol. The van der Waals surface area contributed by atoms with Gasteiger partial charge in [-0.05, 0) is 72.9 Å². The Morgan fingerprint density at radius 1 is 0.780 bits per heavy atom. The van der Waals surface area contributed by atoms with Crippen LogP contribution in [0.3, 0.4) is 0 Å². The summed E-state index contributed by atoms with van der Waals surface area (Å²) in [6.45, 7) is 1.16. The topological polar surface area (TPSA) is 96.0 Å². The van der Waals surface area contributed by atoms with Crippen LogP contribution in [0.2, 0.25) is 0 Å². The average Bonchev–Trinajstić information content (AvgIpc) is 3.03. The van der Waals surface area contributed by atoms with Gasteiger partial charge in [-0.25, -0.2) is 0 Å². The Bertz CT molecular complexity index is 1560. The molecular formula is C32H31N3O5S. The van der Waals surface area contributed by atoms with E-state index in [0.29, 0.717) is 30.4 Å². The van der Waals surface area contributed by atoms with Crippen molar-refractivity contribution in [3.8, 4) is 5.75 Å². The molecule has 210 valence electrons. The summed E-state index contributed by atoms with van der Waals surface area (Å²) in [6.07, 6.45) is 1.77. The van der Waals surface area contributed by atoms with E-state index in [4.69, 9.17) is 4.84 Å². The van der Waals surface area contributed by atoms with Gasteiger partial charge in [-0.2, -0.15) is 8.42 Å². The molecular weight excluding hydrogens is 538 g/mol. The smallest absolute Gasteiger partial charge is 0.295 e. The Balaban J connectivity index is 1.20. The molecule has 1 saturated heterocycles. The Kier molecular flexibility index (Phi) is 8.64. The van der Waals surface area contributed by atoms with Crippen molar-refractivity contribution < 1.29 is 22.8 Å². The molecule has 0 radical (unpaired) electrons. The Labute approximate surface area is 240 Å². The van der Waals surface area contributed by atoms with Crippen LogP contribution in [-0.2, 0) is 14.8 Å². The molecule has 1 aliphatic heterocycles. The van der Waals surface area contributed by atoms with E-state index in [1.54, 1.807) is 65.6 Å². The summed E-state index contributed by atoms with van der Waals surface area (Å²) in [6, 6.07) is 32.9. The predicted molar refractivity (Wildman–Crippen MR) is 157 cm³/mol. The van der Waals surface area contributed by atoms with E-state index in [-0.39, 0.29) is 22.9 Å². The van der Waals surface area contributed by atoms with Crippen molar-refractivity contribution in [3.05, 3.63) is 126 Å². The quantitative estimate of drug-likeness (QED) is 0.286. The van der Waals surface area contributed by atoms with E-state index in [1.165, 1.54) is 29.8 Å². The van der Waals surface area contributed by atoms with Crippen LogP contribution in [0.1, 0.15) is 34.7 Å². The van der Waals surface area contributed by atoms with Crippen molar-refractivity contribution >= 4 is 27.5 Å². The van der Waals surface area contributed by atoms with Gasteiger partial charge in [0.05, 0.1) is 17.1 Å². The summed E-state index contributed by atoms with van der Waals surface area (Å²) in [5.41, 5.74) is 1.86. The molecule has 0 aliphatic carbocycles. The molecule has 0 spiro atoms. The summed E-state index contributed by atoms with van der Waals surface area (Å²) in [5, 5.41) is 2.66. The van der Waals surface area contributed by atoms with Crippen molar-refractivity contribution in [3.63, 3.8) is 0 Å². The summed E-state index contributed by atoms with van der Waals surface area (Å²) in [5.74, 6) is 0.188. The van der Waals surface area contributed by atoms with Crippen LogP contribution in [0.4, 0.5) is 5.69 Å². The van der Waals surface area contributed by atoms with Gasteiger partial charge in [-0.1, -0.05) is 71.2 Å². The maximum Gasteiger partial charge on any atom is 0.295 e. The highest BCUT2D eigenvalue weighted by Gasteiger charge is 2.28. The van der Waals surface area contributed by atoms with E-state index in [2.05, 4.69) is 17.4 Å². The van der Waals surface area contributed by atoms with Crippen LogP contribution in [-0.4, -0.2) is 44.8 Å². The van der Waals surface area contributed by atoms with Gasteiger partial charge in [0.1, 0.15) is 0 Å². The number of anilines is 1. The van der Waals surface area contributed by atoms with Crippen LogP contribution in [0.5, 0.6) is 5.75 Å². The molecule has 41 heavy (non-hydrogen) atoms. The highest BCUT2D eigenvalue weighted by molar-refractivity contribution is 7.92. The zero-order chi connectivity index (χ0) is 28.7. The third-order valence-electron chi connectivity index (χ3n) is 7.05. The summed E-state index contributed by atoms with van der Waals surface area (Å²) >= 11 is 0. The second kappa shape index (κ2) is 12.7. The molecule has 4 aromatic carbocycles. The highest BCUT2D eigenvalue weighted by Crippen LogP contribution is 2.28. The van der Waals surface area contributed by atoms with Gasteiger partial charge < -0.3 is 15.1 Å². The Morgan fingerprint density at radius 3 is 1.95 bits per heavy atom. The number of likely N-dealkylation sites (tertiary alicyclic amines) is 1. The molecule has 0 atom stereocenters. The van der Waals surface area contributed by atoms with Crippen LogP contribution in [0.15, 0.2) is 120 Å². The lowest BCUT2D eigenvalue weighted by Gasteiger charge is -2.32. The molecule has 1 aliphatic rings. The van der Waals surface area contributed by atoms with Gasteiger partial charge in [0.25, 0.3) is 15.9 Å². The van der Waals surface area contributed by atoms with E-state index in [0.717, 1.165) is 17.3 Å². The lowest BCUT2D eigenvalue weighted by molar-refractivity contribution is -0.131. The molecule has 1 N–H and O–H groups in total. The standard InChI is InChI=1S/C32H31N3O5S/c36-31(34-22-20-26(21-23-34)25-10-4-1-5-11-25)24-33-32(37)27-16-18-30(19-17-27)41(38,39)35(28-12-6-2-7-13-28)40-29-14-8-3-9-15-29/h1-19,26H,20-24H2,(H,33,37).